The van der Waals surface area contributed by atoms with Crippen LogP contribution in [0.5, 0.6) is 0 Å². The Hall–Kier alpha value is -1.07. The molecule has 118 valence electrons. The SMILES string of the molecule is COC(=O)C1(NC(C)C)CCCC(n2cc(Cl)c(C)n2)C1. The smallest absolute Gasteiger partial charge is 0.326 e. The molecule has 1 N–H and O–H groups in total. The van der Waals surface area contributed by atoms with Crippen LogP contribution in [0.4, 0.5) is 0 Å². The molecule has 21 heavy (non-hydrogen) atoms. The van der Waals surface area contributed by atoms with Crippen molar-refractivity contribution >= 4 is 17.6 Å². The van der Waals surface area contributed by atoms with Crippen LogP contribution in [0.1, 0.15) is 51.3 Å². The molecule has 0 radical (unpaired) electrons. The number of aryl methyl sites for hydroxylation is 1. The largest absolute Gasteiger partial charge is 0.468 e. The number of halogens is 1. The summed E-state index contributed by atoms with van der Waals surface area (Å²) in [7, 11) is 1.45. The summed E-state index contributed by atoms with van der Waals surface area (Å²) in [4.78, 5) is 12.3. The van der Waals surface area contributed by atoms with E-state index in [-0.39, 0.29) is 18.1 Å². The Morgan fingerprint density at radius 3 is 2.86 bits per heavy atom. The van der Waals surface area contributed by atoms with E-state index in [4.69, 9.17) is 16.3 Å². The molecule has 1 aliphatic carbocycles. The van der Waals surface area contributed by atoms with Crippen LogP contribution in [0, 0.1) is 6.92 Å². The highest BCUT2D eigenvalue weighted by molar-refractivity contribution is 6.31. The van der Waals surface area contributed by atoms with E-state index in [0.717, 1.165) is 25.0 Å². The Morgan fingerprint density at radius 1 is 1.62 bits per heavy atom. The van der Waals surface area contributed by atoms with Gasteiger partial charge in [0, 0.05) is 12.2 Å². The zero-order chi connectivity index (χ0) is 15.6. The average Bonchev–Trinajstić information content (AvgIpc) is 2.77. The molecule has 1 aromatic rings. The van der Waals surface area contributed by atoms with Gasteiger partial charge in [-0.1, -0.05) is 11.6 Å². The molecule has 0 aromatic carbocycles. The number of carbonyl (C=O) groups excluding carboxylic acids is 1. The van der Waals surface area contributed by atoms with E-state index in [9.17, 15) is 4.79 Å². The number of rotatable bonds is 4. The van der Waals surface area contributed by atoms with Crippen molar-refractivity contribution in [3.8, 4) is 0 Å². The minimum Gasteiger partial charge on any atom is -0.468 e. The predicted octanol–water partition coefficient (Wildman–Crippen LogP) is 2.87. The van der Waals surface area contributed by atoms with Gasteiger partial charge in [0.15, 0.2) is 0 Å². The Morgan fingerprint density at radius 2 is 2.33 bits per heavy atom. The third-order valence-electron chi connectivity index (χ3n) is 4.10. The minimum atomic E-state index is -0.627. The summed E-state index contributed by atoms with van der Waals surface area (Å²) in [6.45, 7) is 5.98. The predicted molar refractivity (Wildman–Crippen MR) is 82.5 cm³/mol. The van der Waals surface area contributed by atoms with E-state index < -0.39 is 5.54 Å². The zero-order valence-electron chi connectivity index (χ0n) is 13.1. The van der Waals surface area contributed by atoms with Gasteiger partial charge < -0.3 is 4.74 Å². The van der Waals surface area contributed by atoms with Gasteiger partial charge >= 0.3 is 5.97 Å². The molecule has 1 fully saturated rings. The van der Waals surface area contributed by atoms with E-state index >= 15 is 0 Å². The topological polar surface area (TPSA) is 56.1 Å². The van der Waals surface area contributed by atoms with Gasteiger partial charge in [-0.25, -0.2) is 0 Å². The molecule has 0 aliphatic heterocycles. The summed E-state index contributed by atoms with van der Waals surface area (Å²) in [6.07, 6.45) is 5.27. The molecule has 1 aliphatic rings. The van der Waals surface area contributed by atoms with E-state index in [1.807, 2.05) is 31.6 Å². The summed E-state index contributed by atoms with van der Waals surface area (Å²) in [6, 6.07) is 0.376. The molecular weight excluding hydrogens is 290 g/mol. The molecule has 0 amide bonds. The van der Waals surface area contributed by atoms with Crippen LogP contribution in [-0.2, 0) is 9.53 Å². The van der Waals surface area contributed by atoms with E-state index in [1.54, 1.807) is 0 Å². The second-order valence-corrected chi connectivity index (χ2v) is 6.57. The number of esters is 1. The average molecular weight is 314 g/mol. The standard InChI is InChI=1S/C15H24ClN3O2/c1-10(2)17-15(14(20)21-4)7-5-6-12(8-15)19-9-13(16)11(3)18-19/h9-10,12,17H,5-8H2,1-4H3. The van der Waals surface area contributed by atoms with Crippen LogP contribution < -0.4 is 5.32 Å². The lowest BCUT2D eigenvalue weighted by atomic mass is 9.78. The van der Waals surface area contributed by atoms with Crippen molar-refractivity contribution in [2.45, 2.75) is 64.1 Å². The highest BCUT2D eigenvalue weighted by Gasteiger charge is 2.44. The summed E-state index contributed by atoms with van der Waals surface area (Å²) in [5.41, 5.74) is 0.195. The van der Waals surface area contributed by atoms with Gasteiger partial charge in [-0.3, -0.25) is 14.8 Å². The molecule has 2 atom stereocenters. The van der Waals surface area contributed by atoms with Gasteiger partial charge in [-0.15, -0.1) is 0 Å². The molecule has 0 saturated heterocycles. The van der Waals surface area contributed by atoms with Gasteiger partial charge in [0.1, 0.15) is 5.54 Å². The van der Waals surface area contributed by atoms with Crippen LogP contribution in [0.25, 0.3) is 0 Å². The third-order valence-corrected chi connectivity index (χ3v) is 4.47. The molecule has 2 unspecified atom stereocenters. The van der Waals surface area contributed by atoms with Gasteiger partial charge in [0.2, 0.25) is 0 Å². The number of nitrogens with one attached hydrogen (secondary N) is 1. The van der Waals surface area contributed by atoms with Crippen molar-refractivity contribution in [2.24, 2.45) is 0 Å². The van der Waals surface area contributed by atoms with Gasteiger partial charge in [0.25, 0.3) is 0 Å². The lowest BCUT2D eigenvalue weighted by Gasteiger charge is -2.40. The van der Waals surface area contributed by atoms with Crippen molar-refractivity contribution in [1.82, 2.24) is 15.1 Å². The molecule has 1 heterocycles. The van der Waals surface area contributed by atoms with Crippen LogP contribution in [0.15, 0.2) is 6.20 Å². The van der Waals surface area contributed by atoms with Crippen molar-refractivity contribution in [3.63, 3.8) is 0 Å². The third kappa shape index (κ3) is 3.40. The highest BCUT2D eigenvalue weighted by atomic mass is 35.5. The molecule has 0 bridgehead atoms. The molecule has 0 spiro atoms. The molecule has 6 heteroatoms. The molecule has 1 saturated carbocycles. The Bertz CT molecular complexity index is 496. The first-order valence-corrected chi connectivity index (χ1v) is 7.83. The second kappa shape index (κ2) is 6.36. The fraction of sp³-hybridized carbons (Fsp3) is 0.733. The van der Waals surface area contributed by atoms with Crippen molar-refractivity contribution in [2.75, 3.05) is 7.11 Å². The lowest BCUT2D eigenvalue weighted by Crippen LogP contribution is -2.57. The summed E-state index contributed by atoms with van der Waals surface area (Å²) in [5, 5.41) is 8.55. The first kappa shape index (κ1) is 16.3. The quantitative estimate of drug-likeness (QED) is 0.868. The number of aromatic nitrogens is 2. The number of methoxy groups -OCH3 is 1. The van der Waals surface area contributed by atoms with Gasteiger partial charge in [-0.2, -0.15) is 5.10 Å². The molecular formula is C15H24ClN3O2. The van der Waals surface area contributed by atoms with Gasteiger partial charge in [-0.05, 0) is 46.5 Å². The Balaban J connectivity index is 2.25. The maximum atomic E-state index is 12.3. The fourth-order valence-corrected chi connectivity index (χ4v) is 3.38. The molecule has 5 nitrogen and oxygen atoms in total. The summed E-state index contributed by atoms with van der Waals surface area (Å²) >= 11 is 6.10. The maximum absolute atomic E-state index is 12.3. The number of hydrogen-bond donors (Lipinski definition) is 1. The van der Waals surface area contributed by atoms with Crippen LogP contribution in [-0.4, -0.2) is 34.4 Å². The van der Waals surface area contributed by atoms with Crippen LogP contribution in [0.3, 0.4) is 0 Å². The molecule has 2 rings (SSSR count). The summed E-state index contributed by atoms with van der Waals surface area (Å²) < 4.78 is 6.95. The summed E-state index contributed by atoms with van der Waals surface area (Å²) in [5.74, 6) is -0.184. The fourth-order valence-electron chi connectivity index (χ4n) is 3.24. The Labute approximate surface area is 131 Å². The van der Waals surface area contributed by atoms with Crippen molar-refractivity contribution in [3.05, 3.63) is 16.9 Å². The van der Waals surface area contributed by atoms with Crippen LogP contribution in [0.2, 0.25) is 5.02 Å². The second-order valence-electron chi connectivity index (χ2n) is 6.17. The van der Waals surface area contributed by atoms with Crippen molar-refractivity contribution in [1.29, 1.82) is 0 Å². The van der Waals surface area contributed by atoms with Gasteiger partial charge in [0.05, 0.1) is 23.9 Å². The number of carbonyl (C=O) groups is 1. The normalized spacial score (nSPS) is 26.1. The molecule has 1 aromatic heterocycles. The first-order valence-electron chi connectivity index (χ1n) is 7.45. The van der Waals surface area contributed by atoms with Crippen LogP contribution >= 0.6 is 11.6 Å². The van der Waals surface area contributed by atoms with Crippen molar-refractivity contribution < 1.29 is 9.53 Å². The van der Waals surface area contributed by atoms with E-state index in [0.29, 0.717) is 11.4 Å². The van der Waals surface area contributed by atoms with E-state index in [2.05, 4.69) is 10.4 Å². The number of ether oxygens (including phenoxy) is 1. The lowest BCUT2D eigenvalue weighted by molar-refractivity contribution is -0.151. The maximum Gasteiger partial charge on any atom is 0.326 e. The first-order chi connectivity index (χ1) is 9.88. The van der Waals surface area contributed by atoms with E-state index in [1.165, 1.54) is 7.11 Å². The Kier molecular flexibility index (Phi) is 4.94. The number of nitrogens with zero attached hydrogens (tertiary/aromatic N) is 2. The minimum absolute atomic E-state index is 0.162. The highest BCUT2D eigenvalue weighted by Crippen LogP contribution is 2.37. The monoisotopic (exact) mass is 313 g/mol. The zero-order valence-corrected chi connectivity index (χ0v) is 13.9. The number of hydrogen-bond acceptors (Lipinski definition) is 4.